The van der Waals surface area contributed by atoms with E-state index in [0.29, 0.717) is 5.82 Å². The van der Waals surface area contributed by atoms with Crippen molar-refractivity contribution < 1.29 is 18.3 Å². The summed E-state index contributed by atoms with van der Waals surface area (Å²) in [4.78, 5) is 1.25. The number of nitrogens with zero attached hydrogens (tertiary/aromatic N) is 5. The van der Waals surface area contributed by atoms with Gasteiger partial charge in [-0.1, -0.05) is 0 Å². The number of aliphatic hydroxyl groups excluding tert-OH is 1. The molecule has 0 aliphatic rings. The quantitative estimate of drug-likeness (QED) is 0.881. The van der Waals surface area contributed by atoms with Crippen molar-refractivity contribution in [3.63, 3.8) is 0 Å². The Labute approximate surface area is 99.6 Å². The molecule has 0 aliphatic heterocycles. The van der Waals surface area contributed by atoms with E-state index in [9.17, 15) is 13.2 Å². The van der Waals surface area contributed by atoms with Crippen LogP contribution in [0.5, 0.6) is 0 Å². The third kappa shape index (κ3) is 2.67. The average molecular weight is 261 g/mol. The van der Waals surface area contributed by atoms with Gasteiger partial charge in [-0.05, 0) is 11.3 Å². The second kappa shape index (κ2) is 4.41. The molecule has 0 aromatic carbocycles. The van der Waals surface area contributed by atoms with Crippen LogP contribution in [-0.4, -0.2) is 36.1 Å². The Morgan fingerprint density at radius 2 is 2.17 bits per heavy atom. The highest BCUT2D eigenvalue weighted by atomic mass is 19.4. The van der Waals surface area contributed by atoms with E-state index in [2.05, 4.69) is 15.4 Å². The number of aromatic nitrogens is 5. The van der Waals surface area contributed by atoms with Crippen molar-refractivity contribution in [1.82, 2.24) is 24.8 Å². The second-order valence-corrected chi connectivity index (χ2v) is 3.76. The second-order valence-electron chi connectivity index (χ2n) is 3.76. The Balaban J connectivity index is 2.11. The van der Waals surface area contributed by atoms with Crippen LogP contribution in [-0.2, 0) is 13.6 Å². The number of aryl methyl sites for hydroxylation is 1. The van der Waals surface area contributed by atoms with Crippen LogP contribution in [0.15, 0.2) is 18.5 Å². The number of hydrogen-bond donors (Lipinski definition) is 1. The van der Waals surface area contributed by atoms with Crippen LogP contribution in [0.4, 0.5) is 13.2 Å². The molecule has 0 amide bonds. The first-order valence-electron chi connectivity index (χ1n) is 4.99. The maximum atomic E-state index is 12.3. The number of halogens is 3. The van der Waals surface area contributed by atoms with Crippen LogP contribution in [0.1, 0.15) is 17.5 Å². The molecular weight excluding hydrogens is 251 g/mol. The Bertz CT molecular complexity index is 532. The zero-order valence-corrected chi connectivity index (χ0v) is 9.33. The first kappa shape index (κ1) is 12.6. The van der Waals surface area contributed by atoms with Crippen LogP contribution in [0.3, 0.4) is 0 Å². The van der Waals surface area contributed by atoms with Crippen molar-refractivity contribution in [3.8, 4) is 0 Å². The van der Waals surface area contributed by atoms with Crippen molar-refractivity contribution in [3.05, 3.63) is 29.8 Å². The van der Waals surface area contributed by atoms with Crippen LogP contribution >= 0.6 is 0 Å². The van der Waals surface area contributed by atoms with Crippen molar-refractivity contribution >= 4 is 0 Å². The monoisotopic (exact) mass is 261 g/mol. The lowest BCUT2D eigenvalue weighted by molar-refractivity contribution is -0.206. The molecule has 2 heterocycles. The van der Waals surface area contributed by atoms with Gasteiger partial charge in [0.15, 0.2) is 11.9 Å². The van der Waals surface area contributed by atoms with E-state index < -0.39 is 12.3 Å². The van der Waals surface area contributed by atoms with E-state index in [1.807, 2.05) is 0 Å². The highest BCUT2D eigenvalue weighted by Crippen LogP contribution is 2.32. The van der Waals surface area contributed by atoms with Gasteiger partial charge < -0.3 is 9.67 Å². The first-order chi connectivity index (χ1) is 8.36. The SMILES string of the molecule is Cn1nnc(Cn2ccc(C(O)C(F)(F)F)c2)n1. The molecule has 0 spiro atoms. The summed E-state index contributed by atoms with van der Waals surface area (Å²) in [5.41, 5.74) is -0.216. The molecule has 6 nitrogen and oxygen atoms in total. The average Bonchev–Trinajstić information content (AvgIpc) is 2.86. The van der Waals surface area contributed by atoms with Crippen molar-refractivity contribution in [1.29, 1.82) is 0 Å². The largest absolute Gasteiger partial charge is 0.418 e. The molecule has 0 radical (unpaired) electrons. The van der Waals surface area contributed by atoms with Gasteiger partial charge in [0.1, 0.15) is 0 Å². The third-order valence-electron chi connectivity index (χ3n) is 2.27. The fourth-order valence-corrected chi connectivity index (χ4v) is 1.46. The number of alkyl halides is 3. The topological polar surface area (TPSA) is 68.8 Å². The summed E-state index contributed by atoms with van der Waals surface area (Å²) in [6.45, 7) is 0.193. The van der Waals surface area contributed by atoms with Crippen LogP contribution in [0.25, 0.3) is 0 Å². The van der Waals surface area contributed by atoms with E-state index in [1.165, 1.54) is 27.8 Å². The number of hydrogen-bond acceptors (Lipinski definition) is 4. The Morgan fingerprint density at radius 1 is 1.44 bits per heavy atom. The van der Waals surface area contributed by atoms with Gasteiger partial charge in [-0.3, -0.25) is 0 Å². The predicted octanol–water partition coefficient (Wildman–Crippen LogP) is 0.656. The van der Waals surface area contributed by atoms with Crippen molar-refractivity contribution in [2.75, 3.05) is 0 Å². The normalized spacial score (nSPS) is 13.8. The summed E-state index contributed by atoms with van der Waals surface area (Å²) < 4.78 is 38.3. The van der Waals surface area contributed by atoms with E-state index in [0.717, 1.165) is 0 Å². The summed E-state index contributed by atoms with van der Waals surface area (Å²) in [7, 11) is 1.59. The lowest BCUT2D eigenvalue weighted by Gasteiger charge is -2.12. The Kier molecular flexibility index (Phi) is 3.07. The predicted molar refractivity (Wildman–Crippen MR) is 53.3 cm³/mol. The first-order valence-corrected chi connectivity index (χ1v) is 4.99. The smallest absolute Gasteiger partial charge is 0.379 e. The maximum absolute atomic E-state index is 12.3. The molecule has 9 heteroatoms. The number of rotatable bonds is 3. The molecule has 0 bridgehead atoms. The van der Waals surface area contributed by atoms with Gasteiger partial charge in [0.05, 0.1) is 13.6 Å². The highest BCUT2D eigenvalue weighted by Gasteiger charge is 2.39. The summed E-state index contributed by atoms with van der Waals surface area (Å²) in [6.07, 6.45) is -4.53. The fraction of sp³-hybridized carbons (Fsp3) is 0.444. The molecule has 1 atom stereocenters. The molecule has 1 unspecified atom stereocenters. The zero-order chi connectivity index (χ0) is 13.3. The van der Waals surface area contributed by atoms with Crippen LogP contribution in [0, 0.1) is 0 Å². The van der Waals surface area contributed by atoms with E-state index in [1.54, 1.807) is 7.05 Å². The Hall–Kier alpha value is -1.90. The van der Waals surface area contributed by atoms with Crippen LogP contribution < -0.4 is 0 Å². The van der Waals surface area contributed by atoms with Gasteiger partial charge in [0.25, 0.3) is 0 Å². The summed E-state index contributed by atoms with van der Waals surface area (Å²) in [6, 6.07) is 1.20. The molecule has 0 fully saturated rings. The summed E-state index contributed by atoms with van der Waals surface area (Å²) >= 11 is 0. The molecule has 0 saturated carbocycles. The molecule has 98 valence electrons. The highest BCUT2D eigenvalue weighted by molar-refractivity contribution is 5.15. The Morgan fingerprint density at radius 3 is 2.72 bits per heavy atom. The molecule has 2 rings (SSSR count). The number of tetrazole rings is 1. The molecular formula is C9H10F3N5O. The molecule has 1 N–H and O–H groups in total. The van der Waals surface area contributed by atoms with Gasteiger partial charge >= 0.3 is 6.18 Å². The summed E-state index contributed by atoms with van der Waals surface area (Å²) in [5, 5.41) is 20.3. The van der Waals surface area contributed by atoms with Crippen molar-refractivity contribution in [2.24, 2.45) is 7.05 Å². The van der Waals surface area contributed by atoms with Gasteiger partial charge in [-0.15, -0.1) is 10.2 Å². The third-order valence-corrected chi connectivity index (χ3v) is 2.27. The molecule has 18 heavy (non-hydrogen) atoms. The maximum Gasteiger partial charge on any atom is 0.418 e. The van der Waals surface area contributed by atoms with Gasteiger partial charge in [0, 0.05) is 18.0 Å². The van der Waals surface area contributed by atoms with E-state index in [-0.39, 0.29) is 12.1 Å². The van der Waals surface area contributed by atoms with Crippen molar-refractivity contribution in [2.45, 2.75) is 18.8 Å². The minimum Gasteiger partial charge on any atom is -0.379 e. The molecule has 0 aliphatic carbocycles. The lowest BCUT2D eigenvalue weighted by Crippen LogP contribution is -2.19. The standard InChI is InChI=1S/C9H10F3N5O/c1-16-14-7(13-15-16)5-17-3-2-6(4-17)8(18)9(10,11)12/h2-4,8,18H,5H2,1H3. The lowest BCUT2D eigenvalue weighted by atomic mass is 10.2. The minimum absolute atomic E-state index is 0.193. The molecule has 2 aromatic rings. The molecule has 2 aromatic heterocycles. The molecule has 0 saturated heterocycles. The van der Waals surface area contributed by atoms with E-state index >= 15 is 0 Å². The van der Waals surface area contributed by atoms with Crippen LogP contribution in [0.2, 0.25) is 0 Å². The fourth-order valence-electron chi connectivity index (χ4n) is 1.46. The minimum atomic E-state index is -4.67. The van der Waals surface area contributed by atoms with E-state index in [4.69, 9.17) is 5.11 Å². The van der Waals surface area contributed by atoms with Gasteiger partial charge in [-0.25, -0.2) is 0 Å². The number of aliphatic hydroxyl groups is 1. The zero-order valence-electron chi connectivity index (χ0n) is 9.33. The van der Waals surface area contributed by atoms with Gasteiger partial charge in [0.2, 0.25) is 0 Å². The van der Waals surface area contributed by atoms with Gasteiger partial charge in [-0.2, -0.15) is 18.0 Å². The summed E-state index contributed by atoms with van der Waals surface area (Å²) in [5.74, 6) is 0.376.